The fourth-order valence-corrected chi connectivity index (χ4v) is 8.80. The lowest BCUT2D eigenvalue weighted by molar-refractivity contribution is 0.271. The SMILES string of the molecule is C1=CC2Oc3ccccc3C2C(c2nc(-c3ccc4ccccc4c3)nc(-c3ccc4ccccc4c3)n2)=C1c1cccc2oc3cc4ccccc4cc3c12. The van der Waals surface area contributed by atoms with Gasteiger partial charge in [0.25, 0.3) is 0 Å². The number of ether oxygens (including phenoxy) is 1. The summed E-state index contributed by atoms with van der Waals surface area (Å²) in [6.07, 6.45) is 4.17. The van der Waals surface area contributed by atoms with E-state index in [1.807, 2.05) is 6.07 Å². The Morgan fingerprint density at radius 3 is 1.75 bits per heavy atom. The zero-order chi connectivity index (χ0) is 36.7. The van der Waals surface area contributed by atoms with Gasteiger partial charge in [-0.05, 0) is 85.9 Å². The van der Waals surface area contributed by atoms with Gasteiger partial charge in [-0.25, -0.2) is 15.0 Å². The molecule has 2 atom stereocenters. The van der Waals surface area contributed by atoms with Crippen LogP contribution in [-0.4, -0.2) is 21.1 Å². The summed E-state index contributed by atoms with van der Waals surface area (Å²) in [6, 6.07) is 57.2. The molecule has 1 aliphatic heterocycles. The van der Waals surface area contributed by atoms with Gasteiger partial charge in [0.2, 0.25) is 0 Å². The van der Waals surface area contributed by atoms with Gasteiger partial charge in [-0.3, -0.25) is 0 Å². The van der Waals surface area contributed by atoms with Crippen LogP contribution in [0.4, 0.5) is 0 Å². The standard InChI is InChI=1S/C51H31N3O2/c1-3-12-32-26-36(22-20-30(32)10-1)49-52-50(37-23-21-31-11-2-4-13-33(31)27-37)54-51(53-49)48-39(24-25-44-47(48)40-16-7-8-18-42(40)55-44)38-17-9-19-43-46(38)41-28-34-14-5-6-15-35(34)29-45(41)56-43/h1-29,44,47H. The van der Waals surface area contributed by atoms with Crippen molar-refractivity contribution in [3.05, 3.63) is 193 Å². The summed E-state index contributed by atoms with van der Waals surface area (Å²) in [5.41, 5.74) is 7.76. The first kappa shape index (κ1) is 31.0. The van der Waals surface area contributed by atoms with Crippen LogP contribution in [0.1, 0.15) is 22.9 Å². The van der Waals surface area contributed by atoms with Crippen LogP contribution in [0.3, 0.4) is 0 Å². The second kappa shape index (κ2) is 12.1. The molecule has 0 radical (unpaired) electrons. The predicted molar refractivity (Wildman–Crippen MR) is 226 cm³/mol. The van der Waals surface area contributed by atoms with Crippen LogP contribution >= 0.6 is 0 Å². The molecule has 8 aromatic carbocycles. The molecule has 2 aromatic heterocycles. The average Bonchev–Trinajstić information content (AvgIpc) is 3.82. The molecular formula is C51H31N3O2. The molecule has 2 unspecified atom stereocenters. The number of fused-ring (bicyclic) bond motifs is 9. The lowest BCUT2D eigenvalue weighted by Gasteiger charge is -2.26. The highest BCUT2D eigenvalue weighted by atomic mass is 16.5. The second-order valence-electron chi connectivity index (χ2n) is 14.7. The third-order valence-corrected chi connectivity index (χ3v) is 11.4. The van der Waals surface area contributed by atoms with Gasteiger partial charge in [0, 0.05) is 33.0 Å². The summed E-state index contributed by atoms with van der Waals surface area (Å²) >= 11 is 0. The minimum Gasteiger partial charge on any atom is -0.485 e. The Kier molecular flexibility index (Phi) is 6.69. The minimum absolute atomic E-state index is 0.156. The molecule has 0 amide bonds. The molecule has 0 N–H and O–H groups in total. The fourth-order valence-electron chi connectivity index (χ4n) is 8.80. The molecule has 262 valence electrons. The van der Waals surface area contributed by atoms with Gasteiger partial charge in [-0.1, -0.05) is 133 Å². The first-order valence-electron chi connectivity index (χ1n) is 19.0. The van der Waals surface area contributed by atoms with Crippen molar-refractivity contribution in [2.45, 2.75) is 12.0 Å². The van der Waals surface area contributed by atoms with Crippen molar-refractivity contribution in [3.8, 4) is 28.5 Å². The molecule has 0 fully saturated rings. The number of hydrogen-bond donors (Lipinski definition) is 0. The number of aromatic nitrogens is 3. The molecule has 0 saturated heterocycles. The van der Waals surface area contributed by atoms with Gasteiger partial charge in [-0.2, -0.15) is 0 Å². The summed E-state index contributed by atoms with van der Waals surface area (Å²) in [6.45, 7) is 0. The topological polar surface area (TPSA) is 61.0 Å². The van der Waals surface area contributed by atoms with Crippen LogP contribution in [0.5, 0.6) is 5.75 Å². The van der Waals surface area contributed by atoms with Crippen molar-refractivity contribution in [3.63, 3.8) is 0 Å². The van der Waals surface area contributed by atoms with Crippen molar-refractivity contribution in [2.24, 2.45) is 0 Å². The summed E-state index contributed by atoms with van der Waals surface area (Å²) in [5.74, 6) is 2.58. The van der Waals surface area contributed by atoms with Crippen LogP contribution in [0, 0.1) is 0 Å². The Labute approximate surface area is 321 Å². The third-order valence-electron chi connectivity index (χ3n) is 11.4. The van der Waals surface area contributed by atoms with E-state index in [4.69, 9.17) is 24.1 Å². The van der Waals surface area contributed by atoms with E-state index in [-0.39, 0.29) is 12.0 Å². The quantitative estimate of drug-likeness (QED) is 0.181. The van der Waals surface area contributed by atoms with Crippen molar-refractivity contribution < 1.29 is 9.15 Å². The summed E-state index contributed by atoms with van der Waals surface area (Å²) < 4.78 is 13.2. The van der Waals surface area contributed by atoms with Crippen LogP contribution in [0.25, 0.3) is 88.2 Å². The monoisotopic (exact) mass is 717 g/mol. The smallest absolute Gasteiger partial charge is 0.164 e. The molecule has 2 aliphatic rings. The maximum Gasteiger partial charge on any atom is 0.164 e. The van der Waals surface area contributed by atoms with Crippen LogP contribution in [-0.2, 0) is 0 Å². The highest BCUT2D eigenvalue weighted by Gasteiger charge is 2.41. The molecule has 3 heterocycles. The van der Waals surface area contributed by atoms with Crippen molar-refractivity contribution in [1.82, 2.24) is 15.0 Å². The van der Waals surface area contributed by atoms with Gasteiger partial charge in [0.05, 0.1) is 5.92 Å². The molecule has 0 saturated carbocycles. The van der Waals surface area contributed by atoms with E-state index in [0.717, 1.165) is 77.2 Å². The fraction of sp³-hybridized carbons (Fsp3) is 0.0392. The number of rotatable bonds is 4. The van der Waals surface area contributed by atoms with E-state index >= 15 is 0 Å². The zero-order valence-electron chi connectivity index (χ0n) is 30.1. The first-order chi connectivity index (χ1) is 27.7. The number of furan rings is 1. The van der Waals surface area contributed by atoms with Gasteiger partial charge in [-0.15, -0.1) is 0 Å². The number of nitrogens with zero attached hydrogens (tertiary/aromatic N) is 3. The maximum absolute atomic E-state index is 6.65. The number of allylic oxidation sites excluding steroid dienone is 2. The Bertz CT molecular complexity index is 3220. The van der Waals surface area contributed by atoms with Crippen LogP contribution in [0.2, 0.25) is 0 Å². The van der Waals surface area contributed by atoms with Gasteiger partial charge in [0.1, 0.15) is 23.0 Å². The highest BCUT2D eigenvalue weighted by molar-refractivity contribution is 6.17. The van der Waals surface area contributed by atoms with Gasteiger partial charge >= 0.3 is 0 Å². The van der Waals surface area contributed by atoms with Crippen molar-refractivity contribution >= 4 is 65.4 Å². The minimum atomic E-state index is -0.222. The first-order valence-corrected chi connectivity index (χ1v) is 19.0. The molecule has 0 bridgehead atoms. The lowest BCUT2D eigenvalue weighted by atomic mass is 9.78. The second-order valence-corrected chi connectivity index (χ2v) is 14.7. The Morgan fingerprint density at radius 2 is 1.05 bits per heavy atom. The van der Waals surface area contributed by atoms with Crippen LogP contribution in [0.15, 0.2) is 180 Å². The highest BCUT2D eigenvalue weighted by Crippen LogP contribution is 2.52. The van der Waals surface area contributed by atoms with Crippen molar-refractivity contribution in [1.29, 1.82) is 0 Å². The van der Waals surface area contributed by atoms with E-state index in [9.17, 15) is 0 Å². The van der Waals surface area contributed by atoms with E-state index < -0.39 is 0 Å². The van der Waals surface area contributed by atoms with Crippen LogP contribution < -0.4 is 4.74 Å². The predicted octanol–water partition coefficient (Wildman–Crippen LogP) is 12.6. The molecule has 1 aliphatic carbocycles. The maximum atomic E-state index is 6.65. The number of para-hydroxylation sites is 1. The number of hydrogen-bond acceptors (Lipinski definition) is 5. The van der Waals surface area contributed by atoms with E-state index in [0.29, 0.717) is 17.5 Å². The average molecular weight is 718 g/mol. The molecule has 5 nitrogen and oxygen atoms in total. The largest absolute Gasteiger partial charge is 0.485 e. The van der Waals surface area contributed by atoms with E-state index in [1.165, 1.54) is 16.2 Å². The zero-order valence-corrected chi connectivity index (χ0v) is 30.1. The summed E-state index contributed by atoms with van der Waals surface area (Å²) in [7, 11) is 0. The Morgan fingerprint density at radius 1 is 0.464 bits per heavy atom. The molecule has 56 heavy (non-hydrogen) atoms. The van der Waals surface area contributed by atoms with E-state index in [1.54, 1.807) is 0 Å². The van der Waals surface area contributed by atoms with Crippen molar-refractivity contribution in [2.75, 3.05) is 0 Å². The number of benzene rings is 8. The Balaban J connectivity index is 1.17. The Hall–Kier alpha value is -7.37. The molecule has 12 rings (SSSR count). The lowest BCUT2D eigenvalue weighted by Crippen LogP contribution is -2.22. The summed E-state index contributed by atoms with van der Waals surface area (Å²) in [4.78, 5) is 16.0. The van der Waals surface area contributed by atoms with Gasteiger partial charge < -0.3 is 9.15 Å². The molecular weight excluding hydrogens is 687 g/mol. The molecule has 10 aromatic rings. The third kappa shape index (κ3) is 4.84. The van der Waals surface area contributed by atoms with E-state index in [2.05, 4.69) is 170 Å². The van der Waals surface area contributed by atoms with Gasteiger partial charge in [0.15, 0.2) is 17.5 Å². The molecule has 0 spiro atoms. The molecule has 5 heteroatoms. The summed E-state index contributed by atoms with van der Waals surface area (Å²) in [5, 5.41) is 9.04. The normalized spacial score (nSPS) is 16.2.